The lowest BCUT2D eigenvalue weighted by Gasteiger charge is -2.11. The van der Waals surface area contributed by atoms with Crippen LogP contribution in [0.15, 0.2) is 36.7 Å². The average molecular weight is 409 g/mol. The highest BCUT2D eigenvalue weighted by Gasteiger charge is 2.20. The molecule has 7 nitrogen and oxygen atoms in total. The van der Waals surface area contributed by atoms with Crippen LogP contribution in [0.2, 0.25) is 0 Å². The van der Waals surface area contributed by atoms with E-state index in [4.69, 9.17) is 0 Å². The Kier molecular flexibility index (Phi) is 7.12. The molecule has 0 bridgehead atoms. The van der Waals surface area contributed by atoms with Gasteiger partial charge in [-0.2, -0.15) is 0 Å². The number of nitrogens with one attached hydrogen (secondary N) is 2. The second-order valence-electron chi connectivity index (χ2n) is 6.31. The zero-order chi connectivity index (χ0) is 17.2. The standard InChI is InChI=1S/C18H20N6O.2ClH/c1-12-17(18(25)21-11-14-5-3-8-20-14)22-23-24(12)16-6-2-4-13-10-19-9-7-15(13)16;;/h2,4,6-7,9-10,14,20H,3,5,8,11H2,1H3,(H,21,25);2*1H. The summed E-state index contributed by atoms with van der Waals surface area (Å²) >= 11 is 0. The number of aromatic nitrogens is 4. The van der Waals surface area contributed by atoms with Crippen molar-refractivity contribution < 1.29 is 4.79 Å². The van der Waals surface area contributed by atoms with Crippen molar-refractivity contribution in [3.8, 4) is 5.69 Å². The SMILES string of the molecule is Cc1c(C(=O)NCC2CCCN2)nnn1-c1cccc2cnccc12.Cl.Cl. The summed E-state index contributed by atoms with van der Waals surface area (Å²) in [4.78, 5) is 16.6. The molecule has 144 valence electrons. The molecule has 3 aromatic rings. The lowest BCUT2D eigenvalue weighted by atomic mass is 10.1. The van der Waals surface area contributed by atoms with Gasteiger partial charge >= 0.3 is 0 Å². The maximum Gasteiger partial charge on any atom is 0.273 e. The van der Waals surface area contributed by atoms with Gasteiger partial charge in [0.15, 0.2) is 5.69 Å². The smallest absolute Gasteiger partial charge is 0.273 e. The average Bonchev–Trinajstić information content (AvgIpc) is 3.29. The highest BCUT2D eigenvalue weighted by molar-refractivity contribution is 5.94. The molecule has 1 aromatic carbocycles. The van der Waals surface area contributed by atoms with Crippen molar-refractivity contribution in [1.82, 2.24) is 30.6 Å². The molecule has 2 aromatic heterocycles. The minimum atomic E-state index is -0.181. The third-order valence-electron chi connectivity index (χ3n) is 4.67. The quantitative estimate of drug-likeness (QED) is 0.692. The summed E-state index contributed by atoms with van der Waals surface area (Å²) < 4.78 is 1.71. The van der Waals surface area contributed by atoms with Crippen LogP contribution < -0.4 is 10.6 Å². The highest BCUT2D eigenvalue weighted by atomic mass is 35.5. The Hall–Kier alpha value is -2.22. The van der Waals surface area contributed by atoms with Crippen LogP contribution in [0.3, 0.4) is 0 Å². The normalized spacial score (nSPS) is 15.8. The second-order valence-corrected chi connectivity index (χ2v) is 6.31. The Labute approximate surface area is 169 Å². The minimum absolute atomic E-state index is 0. The predicted molar refractivity (Wildman–Crippen MR) is 109 cm³/mol. The van der Waals surface area contributed by atoms with Gasteiger partial charge in [-0.3, -0.25) is 9.78 Å². The van der Waals surface area contributed by atoms with E-state index in [-0.39, 0.29) is 30.7 Å². The molecule has 2 N–H and O–H groups in total. The molecule has 0 aliphatic carbocycles. The van der Waals surface area contributed by atoms with Gasteiger partial charge < -0.3 is 10.6 Å². The van der Waals surface area contributed by atoms with Gasteiger partial charge in [-0.1, -0.05) is 17.3 Å². The highest BCUT2D eigenvalue weighted by Crippen LogP contribution is 2.22. The number of rotatable bonds is 4. The third-order valence-corrected chi connectivity index (χ3v) is 4.67. The van der Waals surface area contributed by atoms with E-state index in [0.29, 0.717) is 18.3 Å². The van der Waals surface area contributed by atoms with Gasteiger partial charge in [0, 0.05) is 35.8 Å². The molecular formula is C18H22Cl2N6O. The first-order valence-electron chi connectivity index (χ1n) is 8.51. The second kappa shape index (κ2) is 9.12. The topological polar surface area (TPSA) is 84.7 Å². The molecule has 27 heavy (non-hydrogen) atoms. The van der Waals surface area contributed by atoms with Gasteiger partial charge in [-0.25, -0.2) is 4.68 Å². The van der Waals surface area contributed by atoms with Crippen LogP contribution in [0.4, 0.5) is 0 Å². The number of pyridine rings is 1. The zero-order valence-electron chi connectivity index (χ0n) is 14.9. The molecule has 1 atom stereocenters. The molecular weight excluding hydrogens is 387 g/mol. The molecule has 1 unspecified atom stereocenters. The summed E-state index contributed by atoms with van der Waals surface area (Å²) in [5.41, 5.74) is 1.98. The van der Waals surface area contributed by atoms with E-state index in [2.05, 4.69) is 25.9 Å². The van der Waals surface area contributed by atoms with Crippen molar-refractivity contribution >= 4 is 41.5 Å². The van der Waals surface area contributed by atoms with Crippen molar-refractivity contribution in [2.75, 3.05) is 13.1 Å². The Balaban J connectivity index is 0.00000131. The molecule has 0 radical (unpaired) electrons. The van der Waals surface area contributed by atoms with E-state index >= 15 is 0 Å². The van der Waals surface area contributed by atoms with Crippen molar-refractivity contribution in [1.29, 1.82) is 0 Å². The first-order valence-corrected chi connectivity index (χ1v) is 8.51. The summed E-state index contributed by atoms with van der Waals surface area (Å²) in [5, 5.41) is 16.7. The van der Waals surface area contributed by atoms with Crippen LogP contribution in [0.25, 0.3) is 16.5 Å². The van der Waals surface area contributed by atoms with Crippen molar-refractivity contribution in [3.05, 3.63) is 48.0 Å². The summed E-state index contributed by atoms with van der Waals surface area (Å²) in [7, 11) is 0. The maximum absolute atomic E-state index is 12.5. The first kappa shape index (κ1) is 21.1. The molecule has 1 saturated heterocycles. The summed E-state index contributed by atoms with van der Waals surface area (Å²) in [6.07, 6.45) is 5.81. The maximum atomic E-state index is 12.5. The number of carbonyl (C=O) groups excluding carboxylic acids is 1. The monoisotopic (exact) mass is 408 g/mol. The minimum Gasteiger partial charge on any atom is -0.349 e. The summed E-state index contributed by atoms with van der Waals surface area (Å²) in [5.74, 6) is -0.181. The van der Waals surface area contributed by atoms with Crippen LogP contribution in [-0.2, 0) is 0 Å². The van der Waals surface area contributed by atoms with Gasteiger partial charge in [-0.05, 0) is 38.4 Å². The fourth-order valence-corrected chi connectivity index (χ4v) is 3.29. The molecule has 9 heteroatoms. The van der Waals surface area contributed by atoms with Gasteiger partial charge in [0.25, 0.3) is 5.91 Å². The Morgan fingerprint density at radius 1 is 1.33 bits per heavy atom. The molecule has 0 spiro atoms. The van der Waals surface area contributed by atoms with E-state index in [1.807, 2.05) is 37.4 Å². The van der Waals surface area contributed by atoms with Crippen molar-refractivity contribution in [2.24, 2.45) is 0 Å². The number of nitrogens with zero attached hydrogens (tertiary/aromatic N) is 4. The number of hydrogen-bond acceptors (Lipinski definition) is 5. The summed E-state index contributed by atoms with van der Waals surface area (Å²) in [6, 6.07) is 8.21. The molecule has 1 fully saturated rings. The molecule has 1 amide bonds. The lowest BCUT2D eigenvalue weighted by molar-refractivity contribution is 0.0944. The fraction of sp³-hybridized carbons (Fsp3) is 0.333. The molecule has 4 rings (SSSR count). The van der Waals surface area contributed by atoms with Crippen molar-refractivity contribution in [2.45, 2.75) is 25.8 Å². The summed E-state index contributed by atoms with van der Waals surface area (Å²) in [6.45, 7) is 3.50. The van der Waals surface area contributed by atoms with E-state index in [9.17, 15) is 4.79 Å². The number of carbonyl (C=O) groups is 1. The van der Waals surface area contributed by atoms with Gasteiger partial charge in [0.1, 0.15) is 0 Å². The number of amides is 1. The number of halogens is 2. The van der Waals surface area contributed by atoms with Gasteiger partial charge in [0.05, 0.1) is 11.4 Å². The van der Waals surface area contributed by atoms with Gasteiger partial charge in [-0.15, -0.1) is 29.9 Å². The first-order chi connectivity index (χ1) is 12.2. The van der Waals surface area contributed by atoms with Crippen molar-refractivity contribution in [3.63, 3.8) is 0 Å². The van der Waals surface area contributed by atoms with E-state index < -0.39 is 0 Å². The number of hydrogen-bond donors (Lipinski definition) is 2. The molecule has 1 aliphatic heterocycles. The van der Waals surface area contributed by atoms with Crippen LogP contribution >= 0.6 is 24.8 Å². The van der Waals surface area contributed by atoms with E-state index in [1.54, 1.807) is 10.9 Å². The lowest BCUT2D eigenvalue weighted by Crippen LogP contribution is -2.37. The van der Waals surface area contributed by atoms with Crippen LogP contribution in [0.1, 0.15) is 29.0 Å². The Morgan fingerprint density at radius 2 is 2.19 bits per heavy atom. The fourth-order valence-electron chi connectivity index (χ4n) is 3.29. The molecule has 1 aliphatic rings. The van der Waals surface area contributed by atoms with E-state index in [0.717, 1.165) is 41.5 Å². The van der Waals surface area contributed by atoms with Crippen LogP contribution in [-0.4, -0.2) is 45.0 Å². The number of fused-ring (bicyclic) bond motifs is 1. The van der Waals surface area contributed by atoms with Crippen LogP contribution in [0, 0.1) is 6.92 Å². The zero-order valence-corrected chi connectivity index (χ0v) is 16.5. The number of benzene rings is 1. The molecule has 0 saturated carbocycles. The Bertz CT molecular complexity index is 918. The molecule has 3 heterocycles. The van der Waals surface area contributed by atoms with E-state index in [1.165, 1.54) is 0 Å². The van der Waals surface area contributed by atoms with Gasteiger partial charge in [0.2, 0.25) is 0 Å². The largest absolute Gasteiger partial charge is 0.349 e. The third kappa shape index (κ3) is 4.21. The van der Waals surface area contributed by atoms with Crippen LogP contribution in [0.5, 0.6) is 0 Å². The predicted octanol–water partition coefficient (Wildman–Crippen LogP) is 2.45. The Morgan fingerprint density at radius 3 is 2.96 bits per heavy atom.